The third kappa shape index (κ3) is 4.18. The number of halogens is 1. The van der Waals surface area contributed by atoms with Gasteiger partial charge in [0.05, 0.1) is 6.54 Å². The van der Waals surface area contributed by atoms with Gasteiger partial charge in [-0.15, -0.1) is 0 Å². The number of anilines is 1. The lowest BCUT2D eigenvalue weighted by atomic mass is 10.0. The van der Waals surface area contributed by atoms with Crippen LogP contribution in [0, 0.1) is 0 Å². The van der Waals surface area contributed by atoms with Crippen molar-refractivity contribution < 1.29 is 14.3 Å². The highest BCUT2D eigenvalue weighted by atomic mass is 35.5. The zero-order valence-corrected chi connectivity index (χ0v) is 15.7. The van der Waals surface area contributed by atoms with Crippen molar-refractivity contribution in [1.29, 1.82) is 0 Å². The summed E-state index contributed by atoms with van der Waals surface area (Å²) in [7, 11) is 0. The van der Waals surface area contributed by atoms with Gasteiger partial charge >= 0.3 is 0 Å². The standard InChI is InChI=1S/C20H22ClN3O3/c21-16-4-2-1-3-15(16)17-12-22-7-8-24(17)13-20(25)23-14-5-6-18-19(11-14)27-10-9-26-18/h1-6,11,17,22H,7-10,12-13H2,(H,23,25). The molecule has 0 aliphatic carbocycles. The molecule has 2 aliphatic rings. The van der Waals surface area contributed by atoms with E-state index in [0.717, 1.165) is 30.2 Å². The molecule has 0 bridgehead atoms. The molecule has 1 fully saturated rings. The first-order valence-corrected chi connectivity index (χ1v) is 9.47. The highest BCUT2D eigenvalue weighted by Crippen LogP contribution is 2.33. The number of carbonyl (C=O) groups is 1. The number of hydrogen-bond acceptors (Lipinski definition) is 5. The van der Waals surface area contributed by atoms with Gasteiger partial charge in [-0.3, -0.25) is 9.69 Å². The lowest BCUT2D eigenvalue weighted by Crippen LogP contribution is -2.48. The maximum absolute atomic E-state index is 12.6. The predicted octanol–water partition coefficient (Wildman–Crippen LogP) is 2.70. The lowest BCUT2D eigenvalue weighted by Gasteiger charge is -2.36. The summed E-state index contributed by atoms with van der Waals surface area (Å²) in [5, 5.41) is 7.07. The Morgan fingerprint density at radius 2 is 2.00 bits per heavy atom. The number of amides is 1. The van der Waals surface area contributed by atoms with E-state index in [1.54, 1.807) is 6.07 Å². The van der Waals surface area contributed by atoms with Crippen molar-refractivity contribution in [2.24, 2.45) is 0 Å². The number of nitrogens with one attached hydrogen (secondary N) is 2. The van der Waals surface area contributed by atoms with E-state index in [2.05, 4.69) is 15.5 Å². The molecular formula is C20H22ClN3O3. The molecule has 1 unspecified atom stereocenters. The number of rotatable bonds is 4. The van der Waals surface area contributed by atoms with Crippen LogP contribution < -0.4 is 20.1 Å². The second-order valence-electron chi connectivity index (χ2n) is 6.62. The van der Waals surface area contributed by atoms with E-state index in [1.165, 1.54) is 0 Å². The molecule has 2 heterocycles. The topological polar surface area (TPSA) is 62.8 Å². The normalized spacial score (nSPS) is 19.5. The lowest BCUT2D eigenvalue weighted by molar-refractivity contribution is -0.118. The summed E-state index contributed by atoms with van der Waals surface area (Å²) in [6.45, 7) is 3.76. The predicted molar refractivity (Wildman–Crippen MR) is 105 cm³/mol. The van der Waals surface area contributed by atoms with Crippen LogP contribution in [-0.4, -0.2) is 50.2 Å². The quantitative estimate of drug-likeness (QED) is 0.844. The van der Waals surface area contributed by atoms with Crippen LogP contribution in [-0.2, 0) is 4.79 Å². The third-order valence-electron chi connectivity index (χ3n) is 4.79. The Morgan fingerprint density at radius 3 is 2.85 bits per heavy atom. The van der Waals surface area contributed by atoms with Crippen molar-refractivity contribution in [2.45, 2.75) is 6.04 Å². The Kier molecular flexibility index (Phi) is 5.48. The first kappa shape index (κ1) is 18.1. The molecule has 2 N–H and O–H groups in total. The van der Waals surface area contributed by atoms with E-state index in [-0.39, 0.29) is 11.9 Å². The fourth-order valence-electron chi connectivity index (χ4n) is 3.49. The van der Waals surface area contributed by atoms with Gasteiger partial charge in [-0.2, -0.15) is 0 Å². The van der Waals surface area contributed by atoms with E-state index in [1.807, 2.05) is 36.4 Å². The molecule has 0 saturated carbocycles. The summed E-state index contributed by atoms with van der Waals surface area (Å²) < 4.78 is 11.1. The minimum absolute atomic E-state index is 0.0642. The zero-order chi connectivity index (χ0) is 18.6. The van der Waals surface area contributed by atoms with Crippen LogP contribution in [0.1, 0.15) is 11.6 Å². The average molecular weight is 388 g/mol. The van der Waals surface area contributed by atoms with Gasteiger partial charge in [-0.1, -0.05) is 29.8 Å². The largest absolute Gasteiger partial charge is 0.486 e. The van der Waals surface area contributed by atoms with Gasteiger partial charge in [0, 0.05) is 42.5 Å². The van der Waals surface area contributed by atoms with Crippen LogP contribution in [0.3, 0.4) is 0 Å². The second-order valence-corrected chi connectivity index (χ2v) is 7.03. The molecule has 142 valence electrons. The van der Waals surface area contributed by atoms with Gasteiger partial charge in [-0.05, 0) is 23.8 Å². The van der Waals surface area contributed by atoms with Gasteiger partial charge in [0.2, 0.25) is 5.91 Å². The summed E-state index contributed by atoms with van der Waals surface area (Å²) in [5.74, 6) is 1.31. The number of piperazine rings is 1. The Balaban J connectivity index is 1.44. The van der Waals surface area contributed by atoms with Crippen molar-refractivity contribution in [3.05, 3.63) is 53.1 Å². The average Bonchev–Trinajstić information content (AvgIpc) is 2.69. The summed E-state index contributed by atoms with van der Waals surface area (Å²) in [6, 6.07) is 13.3. The fourth-order valence-corrected chi connectivity index (χ4v) is 3.76. The minimum atomic E-state index is -0.0642. The van der Waals surface area contributed by atoms with E-state index in [0.29, 0.717) is 36.9 Å². The Bertz CT molecular complexity index is 830. The third-order valence-corrected chi connectivity index (χ3v) is 5.14. The van der Waals surface area contributed by atoms with Crippen LogP contribution in [0.5, 0.6) is 11.5 Å². The molecule has 6 nitrogen and oxygen atoms in total. The van der Waals surface area contributed by atoms with Crippen molar-refractivity contribution in [3.63, 3.8) is 0 Å². The number of fused-ring (bicyclic) bond motifs is 1. The van der Waals surface area contributed by atoms with Crippen molar-refractivity contribution in [1.82, 2.24) is 10.2 Å². The van der Waals surface area contributed by atoms with Crippen molar-refractivity contribution in [3.8, 4) is 11.5 Å². The van der Waals surface area contributed by atoms with E-state index >= 15 is 0 Å². The van der Waals surface area contributed by atoms with Crippen molar-refractivity contribution >= 4 is 23.2 Å². The number of nitrogens with zero attached hydrogens (tertiary/aromatic N) is 1. The molecule has 1 saturated heterocycles. The summed E-state index contributed by atoms with van der Waals surface area (Å²) in [6.07, 6.45) is 0. The molecule has 4 rings (SSSR count). The molecule has 2 aromatic carbocycles. The number of hydrogen-bond donors (Lipinski definition) is 2. The molecule has 0 spiro atoms. The number of ether oxygens (including phenoxy) is 2. The molecular weight excluding hydrogens is 366 g/mol. The summed E-state index contributed by atoms with van der Waals surface area (Å²) in [4.78, 5) is 14.8. The van der Waals surface area contributed by atoms with Gasteiger partial charge in [0.15, 0.2) is 11.5 Å². The first-order chi connectivity index (χ1) is 13.2. The number of benzene rings is 2. The van der Waals surface area contributed by atoms with E-state index in [4.69, 9.17) is 21.1 Å². The van der Waals surface area contributed by atoms with E-state index in [9.17, 15) is 4.79 Å². The van der Waals surface area contributed by atoms with Gasteiger partial charge in [0.1, 0.15) is 13.2 Å². The van der Waals surface area contributed by atoms with Crippen LogP contribution in [0.4, 0.5) is 5.69 Å². The Morgan fingerprint density at radius 1 is 1.19 bits per heavy atom. The monoisotopic (exact) mass is 387 g/mol. The molecule has 1 amide bonds. The molecule has 0 radical (unpaired) electrons. The van der Waals surface area contributed by atoms with Crippen LogP contribution >= 0.6 is 11.6 Å². The smallest absolute Gasteiger partial charge is 0.238 e. The summed E-state index contributed by atoms with van der Waals surface area (Å²) in [5.41, 5.74) is 1.74. The Hall–Kier alpha value is -2.28. The maximum atomic E-state index is 12.6. The molecule has 0 aromatic heterocycles. The zero-order valence-electron chi connectivity index (χ0n) is 14.9. The molecule has 1 atom stereocenters. The van der Waals surface area contributed by atoms with E-state index < -0.39 is 0 Å². The highest BCUT2D eigenvalue weighted by molar-refractivity contribution is 6.31. The molecule has 27 heavy (non-hydrogen) atoms. The van der Waals surface area contributed by atoms with Crippen molar-refractivity contribution in [2.75, 3.05) is 44.7 Å². The number of carbonyl (C=O) groups excluding carboxylic acids is 1. The highest BCUT2D eigenvalue weighted by Gasteiger charge is 2.27. The fraction of sp³-hybridized carbons (Fsp3) is 0.350. The SMILES string of the molecule is O=C(CN1CCNCC1c1ccccc1Cl)Nc1ccc2c(c1)OCCO2. The molecule has 7 heteroatoms. The molecule has 2 aliphatic heterocycles. The minimum Gasteiger partial charge on any atom is -0.486 e. The van der Waals surface area contributed by atoms with Crippen LogP contribution in [0.15, 0.2) is 42.5 Å². The van der Waals surface area contributed by atoms with Crippen LogP contribution in [0.2, 0.25) is 5.02 Å². The molecule has 2 aromatic rings. The van der Waals surface area contributed by atoms with Gasteiger partial charge in [-0.25, -0.2) is 0 Å². The summed E-state index contributed by atoms with van der Waals surface area (Å²) >= 11 is 6.38. The maximum Gasteiger partial charge on any atom is 0.238 e. The Labute approximate surface area is 163 Å². The second kappa shape index (κ2) is 8.17. The van der Waals surface area contributed by atoms with Gasteiger partial charge in [0.25, 0.3) is 0 Å². The van der Waals surface area contributed by atoms with Crippen LogP contribution in [0.25, 0.3) is 0 Å². The van der Waals surface area contributed by atoms with Gasteiger partial charge < -0.3 is 20.1 Å². The first-order valence-electron chi connectivity index (χ1n) is 9.09.